The van der Waals surface area contributed by atoms with E-state index in [1.54, 1.807) is 10.7 Å². The zero-order chi connectivity index (χ0) is 13.5. The SMILES string of the molecule is NC1Cc2ccccc2C1Nc1ccn2nccc2n1. The second-order valence-electron chi connectivity index (χ2n) is 5.14. The molecule has 0 saturated heterocycles. The Kier molecular flexibility index (Phi) is 2.47. The average Bonchev–Trinajstić information content (AvgIpc) is 3.04. The fraction of sp³-hybridized carbons (Fsp3) is 0.200. The zero-order valence-corrected chi connectivity index (χ0v) is 10.9. The van der Waals surface area contributed by atoms with E-state index in [1.165, 1.54) is 11.1 Å². The molecule has 2 unspecified atom stereocenters. The Bertz CT molecular complexity index is 764. The molecule has 0 bridgehead atoms. The van der Waals surface area contributed by atoms with Gasteiger partial charge in [-0.25, -0.2) is 9.50 Å². The highest BCUT2D eigenvalue weighted by molar-refractivity contribution is 5.49. The highest BCUT2D eigenvalue weighted by Crippen LogP contribution is 2.32. The maximum atomic E-state index is 6.26. The number of aromatic nitrogens is 3. The third-order valence-corrected chi connectivity index (χ3v) is 3.84. The quantitative estimate of drug-likeness (QED) is 0.741. The summed E-state index contributed by atoms with van der Waals surface area (Å²) >= 11 is 0. The number of rotatable bonds is 2. The first kappa shape index (κ1) is 11.4. The Morgan fingerprint density at radius 1 is 1.20 bits per heavy atom. The summed E-state index contributed by atoms with van der Waals surface area (Å²) < 4.78 is 1.74. The summed E-state index contributed by atoms with van der Waals surface area (Å²) in [4.78, 5) is 4.54. The number of anilines is 1. The minimum absolute atomic E-state index is 0.0790. The van der Waals surface area contributed by atoms with Crippen molar-refractivity contribution in [1.29, 1.82) is 0 Å². The normalized spacial score (nSPS) is 21.1. The lowest BCUT2D eigenvalue weighted by Gasteiger charge is -2.19. The molecule has 4 rings (SSSR count). The third kappa shape index (κ3) is 1.75. The van der Waals surface area contributed by atoms with Gasteiger partial charge in [0.05, 0.1) is 12.2 Å². The Morgan fingerprint density at radius 2 is 2.10 bits per heavy atom. The van der Waals surface area contributed by atoms with Crippen LogP contribution in [-0.4, -0.2) is 20.6 Å². The van der Waals surface area contributed by atoms with Crippen molar-refractivity contribution < 1.29 is 0 Å². The topological polar surface area (TPSA) is 68.2 Å². The van der Waals surface area contributed by atoms with Crippen LogP contribution < -0.4 is 11.1 Å². The maximum Gasteiger partial charge on any atom is 0.157 e. The van der Waals surface area contributed by atoms with Crippen molar-refractivity contribution in [2.24, 2.45) is 5.73 Å². The molecule has 0 fully saturated rings. The van der Waals surface area contributed by atoms with E-state index in [-0.39, 0.29) is 12.1 Å². The lowest BCUT2D eigenvalue weighted by atomic mass is 10.1. The van der Waals surface area contributed by atoms with Crippen LogP contribution in [0.2, 0.25) is 0 Å². The number of hydrogen-bond donors (Lipinski definition) is 2. The maximum absolute atomic E-state index is 6.26. The first-order valence-electron chi connectivity index (χ1n) is 6.71. The fourth-order valence-corrected chi connectivity index (χ4v) is 2.86. The number of benzene rings is 1. The number of hydrogen-bond acceptors (Lipinski definition) is 4. The lowest BCUT2D eigenvalue weighted by Crippen LogP contribution is -2.30. The molecule has 5 nitrogen and oxygen atoms in total. The molecular formula is C15H15N5. The first-order chi connectivity index (χ1) is 9.81. The van der Waals surface area contributed by atoms with Gasteiger partial charge in [0.15, 0.2) is 5.65 Å². The van der Waals surface area contributed by atoms with Crippen LogP contribution in [0.4, 0.5) is 5.82 Å². The van der Waals surface area contributed by atoms with Gasteiger partial charge in [-0.05, 0) is 23.6 Å². The summed E-state index contributed by atoms with van der Waals surface area (Å²) in [5, 5.41) is 7.60. The molecule has 1 aromatic carbocycles. The smallest absolute Gasteiger partial charge is 0.157 e. The van der Waals surface area contributed by atoms with E-state index in [4.69, 9.17) is 5.73 Å². The Hall–Kier alpha value is -2.40. The molecule has 2 atom stereocenters. The molecule has 2 aromatic heterocycles. The molecule has 2 heterocycles. The van der Waals surface area contributed by atoms with Crippen molar-refractivity contribution in [3.8, 4) is 0 Å². The van der Waals surface area contributed by atoms with Crippen LogP contribution in [0.1, 0.15) is 17.2 Å². The predicted octanol–water partition coefficient (Wildman–Crippen LogP) is 1.77. The Morgan fingerprint density at radius 3 is 3.05 bits per heavy atom. The monoisotopic (exact) mass is 265 g/mol. The molecule has 3 aromatic rings. The molecule has 0 saturated carbocycles. The van der Waals surface area contributed by atoms with Crippen LogP contribution in [0.25, 0.3) is 5.65 Å². The van der Waals surface area contributed by atoms with Gasteiger partial charge in [-0.1, -0.05) is 24.3 Å². The summed E-state index contributed by atoms with van der Waals surface area (Å²) in [7, 11) is 0. The van der Waals surface area contributed by atoms with E-state index in [9.17, 15) is 0 Å². The lowest BCUT2D eigenvalue weighted by molar-refractivity contribution is 0.623. The van der Waals surface area contributed by atoms with Crippen molar-refractivity contribution in [3.05, 3.63) is 59.9 Å². The standard InChI is InChI=1S/C15H15N5/c16-12-9-10-3-1-2-4-11(10)15(12)19-13-6-8-20-14(18-13)5-7-17-20/h1-8,12,15H,9,16H2,(H,18,19). The highest BCUT2D eigenvalue weighted by atomic mass is 15.2. The summed E-state index contributed by atoms with van der Waals surface area (Å²) in [6.07, 6.45) is 4.54. The van der Waals surface area contributed by atoms with Crippen LogP contribution in [0, 0.1) is 0 Å². The van der Waals surface area contributed by atoms with Crippen molar-refractivity contribution in [2.45, 2.75) is 18.5 Å². The van der Waals surface area contributed by atoms with Gasteiger partial charge in [-0.3, -0.25) is 0 Å². The minimum Gasteiger partial charge on any atom is -0.362 e. The molecule has 5 heteroatoms. The second kappa shape index (κ2) is 4.31. The van der Waals surface area contributed by atoms with Crippen LogP contribution in [0.5, 0.6) is 0 Å². The van der Waals surface area contributed by atoms with Crippen molar-refractivity contribution in [1.82, 2.24) is 14.6 Å². The predicted molar refractivity (Wildman–Crippen MR) is 77.5 cm³/mol. The van der Waals surface area contributed by atoms with E-state index in [0.717, 1.165) is 17.9 Å². The molecule has 1 aliphatic rings. The van der Waals surface area contributed by atoms with E-state index < -0.39 is 0 Å². The number of nitrogens with two attached hydrogens (primary N) is 1. The highest BCUT2D eigenvalue weighted by Gasteiger charge is 2.29. The molecule has 1 aliphatic carbocycles. The zero-order valence-electron chi connectivity index (χ0n) is 10.9. The largest absolute Gasteiger partial charge is 0.362 e. The van der Waals surface area contributed by atoms with Gasteiger partial charge in [0.2, 0.25) is 0 Å². The molecule has 3 N–H and O–H groups in total. The summed E-state index contributed by atoms with van der Waals surface area (Å²) in [5.74, 6) is 0.829. The molecule has 100 valence electrons. The summed E-state index contributed by atoms with van der Waals surface area (Å²) in [6.45, 7) is 0. The van der Waals surface area contributed by atoms with Crippen LogP contribution in [0.15, 0.2) is 48.8 Å². The molecule has 0 amide bonds. The van der Waals surface area contributed by atoms with Gasteiger partial charge in [0.1, 0.15) is 5.82 Å². The van der Waals surface area contributed by atoms with E-state index in [0.29, 0.717) is 0 Å². The van der Waals surface area contributed by atoms with Gasteiger partial charge in [0, 0.05) is 18.3 Å². The minimum atomic E-state index is 0.0790. The molecule has 0 spiro atoms. The number of nitrogens with one attached hydrogen (secondary N) is 1. The van der Waals surface area contributed by atoms with Crippen LogP contribution in [-0.2, 0) is 6.42 Å². The van der Waals surface area contributed by atoms with Gasteiger partial charge in [0.25, 0.3) is 0 Å². The van der Waals surface area contributed by atoms with Crippen molar-refractivity contribution >= 4 is 11.5 Å². The van der Waals surface area contributed by atoms with Gasteiger partial charge in [-0.2, -0.15) is 5.10 Å². The molecule has 20 heavy (non-hydrogen) atoms. The third-order valence-electron chi connectivity index (χ3n) is 3.84. The Labute approximate surface area is 116 Å². The average molecular weight is 265 g/mol. The van der Waals surface area contributed by atoms with Crippen molar-refractivity contribution in [3.63, 3.8) is 0 Å². The summed E-state index contributed by atoms with van der Waals surface area (Å²) in [6, 6.07) is 12.4. The number of fused-ring (bicyclic) bond motifs is 2. The van der Waals surface area contributed by atoms with Gasteiger partial charge < -0.3 is 11.1 Å². The van der Waals surface area contributed by atoms with Crippen LogP contribution >= 0.6 is 0 Å². The molecule has 0 aliphatic heterocycles. The summed E-state index contributed by atoms with van der Waals surface area (Å²) in [5.41, 5.74) is 9.69. The van der Waals surface area contributed by atoms with Gasteiger partial charge in [-0.15, -0.1) is 0 Å². The first-order valence-corrected chi connectivity index (χ1v) is 6.71. The van der Waals surface area contributed by atoms with E-state index in [1.807, 2.05) is 18.3 Å². The second-order valence-corrected chi connectivity index (χ2v) is 5.14. The van der Waals surface area contributed by atoms with Crippen LogP contribution in [0.3, 0.4) is 0 Å². The molecule has 0 radical (unpaired) electrons. The fourth-order valence-electron chi connectivity index (χ4n) is 2.86. The molecular weight excluding hydrogens is 250 g/mol. The van der Waals surface area contributed by atoms with Gasteiger partial charge >= 0.3 is 0 Å². The number of nitrogens with zero attached hydrogens (tertiary/aromatic N) is 3. The van der Waals surface area contributed by atoms with E-state index >= 15 is 0 Å². The van der Waals surface area contributed by atoms with E-state index in [2.05, 4.69) is 39.7 Å². The van der Waals surface area contributed by atoms with Crippen molar-refractivity contribution in [2.75, 3.05) is 5.32 Å². The Balaban J connectivity index is 1.68.